The summed E-state index contributed by atoms with van der Waals surface area (Å²) in [5.41, 5.74) is 6.65. The molecule has 5 heteroatoms. The molecule has 0 spiro atoms. The van der Waals surface area contributed by atoms with E-state index in [4.69, 9.17) is 5.73 Å². The van der Waals surface area contributed by atoms with Crippen LogP contribution in [0.3, 0.4) is 0 Å². The minimum Gasteiger partial charge on any atom is -0.344 e. The summed E-state index contributed by atoms with van der Waals surface area (Å²) in [5, 5.41) is 2.57. The fourth-order valence-corrected chi connectivity index (χ4v) is 2.08. The highest BCUT2D eigenvalue weighted by atomic mass is 19.1. The Hall–Kier alpha value is -1.75. The zero-order valence-electron chi connectivity index (χ0n) is 12.5. The Morgan fingerprint density at radius 3 is 2.38 bits per heavy atom. The molecule has 0 aliphatic carbocycles. The summed E-state index contributed by atoms with van der Waals surface area (Å²) in [6, 6.07) is 7.63. The molecule has 0 saturated carbocycles. The van der Waals surface area contributed by atoms with Crippen LogP contribution in [0, 0.1) is 5.92 Å². The topological polar surface area (TPSA) is 72.2 Å². The molecule has 0 radical (unpaired) electrons. The van der Waals surface area contributed by atoms with Crippen molar-refractivity contribution in [2.75, 3.05) is 6.67 Å². The normalized spacial score (nSPS) is 13.8. The number of Topliss-reactive ketones (excluding diaryl/α,β-unsaturated/α-hetero) is 1. The number of carbonyl (C=O) groups is 2. The number of halogens is 1. The van der Waals surface area contributed by atoms with Gasteiger partial charge in [0.05, 0.1) is 12.1 Å². The molecule has 1 amide bonds. The molecule has 0 aliphatic rings. The standard InChI is InChI=1S/C16H23FN2O2/c1-11(2)8-13(18)16(21)19-14(15(20)10-17)9-12-6-4-3-5-7-12/h3-7,11,13-14H,8-10,18H2,1-2H3,(H,19,21)/t13-,14?/m0/s1. The Labute approximate surface area is 124 Å². The molecule has 4 nitrogen and oxygen atoms in total. The molecule has 0 aliphatic heterocycles. The molecule has 0 fully saturated rings. The molecule has 3 N–H and O–H groups in total. The SMILES string of the molecule is CC(C)C[C@H](N)C(=O)NC(Cc1ccccc1)C(=O)CF. The summed E-state index contributed by atoms with van der Waals surface area (Å²) in [7, 11) is 0. The van der Waals surface area contributed by atoms with Crippen LogP contribution in [-0.2, 0) is 16.0 Å². The van der Waals surface area contributed by atoms with Crippen molar-refractivity contribution in [3.8, 4) is 0 Å². The van der Waals surface area contributed by atoms with Crippen LogP contribution in [0.2, 0.25) is 0 Å². The average Bonchev–Trinajstić information content (AvgIpc) is 2.46. The first-order chi connectivity index (χ1) is 9.93. The van der Waals surface area contributed by atoms with E-state index in [1.807, 2.05) is 44.2 Å². The van der Waals surface area contributed by atoms with E-state index in [0.717, 1.165) is 5.56 Å². The highest BCUT2D eigenvalue weighted by molar-refractivity contribution is 5.91. The number of amides is 1. The number of ketones is 1. The minimum absolute atomic E-state index is 0.268. The molecule has 0 heterocycles. The number of nitrogens with two attached hydrogens (primary N) is 1. The van der Waals surface area contributed by atoms with Crippen LogP contribution in [0.15, 0.2) is 30.3 Å². The van der Waals surface area contributed by atoms with Crippen molar-refractivity contribution < 1.29 is 14.0 Å². The van der Waals surface area contributed by atoms with Crippen LogP contribution < -0.4 is 11.1 Å². The number of hydrogen-bond donors (Lipinski definition) is 2. The van der Waals surface area contributed by atoms with E-state index >= 15 is 0 Å². The number of alkyl halides is 1. The number of rotatable bonds is 8. The maximum atomic E-state index is 12.7. The smallest absolute Gasteiger partial charge is 0.237 e. The molecule has 1 aromatic carbocycles. The largest absolute Gasteiger partial charge is 0.344 e. The van der Waals surface area contributed by atoms with Gasteiger partial charge < -0.3 is 11.1 Å². The van der Waals surface area contributed by atoms with Gasteiger partial charge in [-0.25, -0.2) is 4.39 Å². The second-order valence-corrected chi connectivity index (χ2v) is 5.59. The Balaban J connectivity index is 2.70. The highest BCUT2D eigenvalue weighted by Crippen LogP contribution is 2.07. The molecule has 21 heavy (non-hydrogen) atoms. The first kappa shape index (κ1) is 17.3. The van der Waals surface area contributed by atoms with E-state index < -0.39 is 30.4 Å². The van der Waals surface area contributed by atoms with Crippen LogP contribution >= 0.6 is 0 Å². The third-order valence-corrected chi connectivity index (χ3v) is 3.18. The fraction of sp³-hybridized carbons (Fsp3) is 0.500. The zero-order valence-corrected chi connectivity index (χ0v) is 12.5. The summed E-state index contributed by atoms with van der Waals surface area (Å²) in [6.45, 7) is 2.82. The lowest BCUT2D eigenvalue weighted by molar-refractivity contribution is -0.129. The lowest BCUT2D eigenvalue weighted by atomic mass is 10.0. The van der Waals surface area contributed by atoms with Gasteiger partial charge in [0.2, 0.25) is 5.91 Å². The third-order valence-electron chi connectivity index (χ3n) is 3.18. The fourth-order valence-electron chi connectivity index (χ4n) is 2.08. The molecule has 1 aromatic rings. The summed E-state index contributed by atoms with van der Waals surface area (Å²) in [4.78, 5) is 23.7. The van der Waals surface area contributed by atoms with Gasteiger partial charge in [-0.15, -0.1) is 0 Å². The molecule has 116 valence electrons. The summed E-state index contributed by atoms with van der Waals surface area (Å²) in [5.74, 6) is -0.773. The van der Waals surface area contributed by atoms with Gasteiger partial charge in [-0.3, -0.25) is 9.59 Å². The van der Waals surface area contributed by atoms with E-state index in [0.29, 0.717) is 6.42 Å². The maximum Gasteiger partial charge on any atom is 0.237 e. The van der Waals surface area contributed by atoms with Crippen molar-refractivity contribution in [1.29, 1.82) is 0 Å². The first-order valence-corrected chi connectivity index (χ1v) is 7.12. The number of hydrogen-bond acceptors (Lipinski definition) is 3. The lowest BCUT2D eigenvalue weighted by Crippen LogP contribution is -2.50. The van der Waals surface area contributed by atoms with Gasteiger partial charge in [0.1, 0.15) is 6.67 Å². The lowest BCUT2D eigenvalue weighted by Gasteiger charge is -2.20. The van der Waals surface area contributed by atoms with E-state index in [1.54, 1.807) is 0 Å². The second kappa shape index (κ2) is 8.52. The molecule has 0 aromatic heterocycles. The number of carbonyl (C=O) groups excluding carboxylic acids is 2. The Kier molecular flexibility index (Phi) is 7.02. The molecule has 2 atom stereocenters. The van der Waals surface area contributed by atoms with Gasteiger partial charge in [-0.2, -0.15) is 0 Å². The van der Waals surface area contributed by atoms with Gasteiger partial charge >= 0.3 is 0 Å². The van der Waals surface area contributed by atoms with Gasteiger partial charge in [-0.1, -0.05) is 44.2 Å². The van der Waals surface area contributed by atoms with Crippen molar-refractivity contribution >= 4 is 11.7 Å². The predicted octanol–water partition coefficient (Wildman–Crippen LogP) is 1.63. The van der Waals surface area contributed by atoms with Crippen LogP contribution in [0.1, 0.15) is 25.8 Å². The Bertz CT molecular complexity index is 463. The van der Waals surface area contributed by atoms with Gasteiger partial charge in [0, 0.05) is 0 Å². The molecular weight excluding hydrogens is 271 g/mol. The summed E-state index contributed by atoms with van der Waals surface area (Å²) < 4.78 is 12.7. The molecule has 0 saturated heterocycles. The van der Waals surface area contributed by atoms with Crippen LogP contribution in [0.25, 0.3) is 0 Å². The van der Waals surface area contributed by atoms with E-state index in [9.17, 15) is 14.0 Å². The van der Waals surface area contributed by atoms with Crippen LogP contribution in [0.5, 0.6) is 0 Å². The number of benzene rings is 1. The predicted molar refractivity (Wildman–Crippen MR) is 80.5 cm³/mol. The second-order valence-electron chi connectivity index (χ2n) is 5.59. The monoisotopic (exact) mass is 294 g/mol. The number of nitrogens with one attached hydrogen (secondary N) is 1. The van der Waals surface area contributed by atoms with Crippen molar-refractivity contribution in [3.63, 3.8) is 0 Å². The Morgan fingerprint density at radius 2 is 1.86 bits per heavy atom. The average molecular weight is 294 g/mol. The quantitative estimate of drug-likeness (QED) is 0.765. The van der Waals surface area contributed by atoms with E-state index in [1.165, 1.54) is 0 Å². The van der Waals surface area contributed by atoms with Crippen molar-refractivity contribution in [2.45, 2.75) is 38.8 Å². The highest BCUT2D eigenvalue weighted by Gasteiger charge is 2.24. The van der Waals surface area contributed by atoms with Crippen molar-refractivity contribution in [3.05, 3.63) is 35.9 Å². The summed E-state index contributed by atoms with van der Waals surface area (Å²) >= 11 is 0. The van der Waals surface area contributed by atoms with Crippen molar-refractivity contribution in [2.24, 2.45) is 11.7 Å². The van der Waals surface area contributed by atoms with E-state index in [-0.39, 0.29) is 12.3 Å². The molecule has 0 bridgehead atoms. The van der Waals surface area contributed by atoms with Crippen molar-refractivity contribution in [1.82, 2.24) is 5.32 Å². The van der Waals surface area contributed by atoms with Crippen LogP contribution in [-0.4, -0.2) is 30.4 Å². The first-order valence-electron chi connectivity index (χ1n) is 7.12. The molecule has 1 rings (SSSR count). The third kappa shape index (κ3) is 6.04. The van der Waals surface area contributed by atoms with Gasteiger partial charge in [0.25, 0.3) is 0 Å². The molecular formula is C16H23FN2O2. The molecule has 1 unspecified atom stereocenters. The van der Waals surface area contributed by atoms with E-state index in [2.05, 4.69) is 5.32 Å². The Morgan fingerprint density at radius 1 is 1.24 bits per heavy atom. The van der Waals surface area contributed by atoms with Gasteiger partial charge in [0.15, 0.2) is 5.78 Å². The zero-order chi connectivity index (χ0) is 15.8. The van der Waals surface area contributed by atoms with Gasteiger partial charge in [-0.05, 0) is 24.3 Å². The minimum atomic E-state index is -1.10. The maximum absolute atomic E-state index is 12.7. The summed E-state index contributed by atoms with van der Waals surface area (Å²) in [6.07, 6.45) is 0.789. The van der Waals surface area contributed by atoms with Crippen LogP contribution in [0.4, 0.5) is 4.39 Å².